The fourth-order valence-corrected chi connectivity index (χ4v) is 3.41. The highest BCUT2D eigenvalue weighted by Gasteiger charge is 2.12. The number of rotatable bonds is 3. The van der Waals surface area contributed by atoms with Crippen LogP contribution in [0.3, 0.4) is 0 Å². The van der Waals surface area contributed by atoms with Crippen LogP contribution in [0.1, 0.15) is 21.5 Å². The van der Waals surface area contributed by atoms with Crippen LogP contribution in [0.4, 0.5) is 10.1 Å². The number of aryl methyl sites for hydroxylation is 2. The van der Waals surface area contributed by atoms with E-state index in [0.717, 1.165) is 33.9 Å². The molecule has 0 bridgehead atoms. The molecule has 7 heteroatoms. The number of benzene rings is 3. The Balaban J connectivity index is 1.51. The van der Waals surface area contributed by atoms with Gasteiger partial charge in [0.05, 0.1) is 0 Å². The maximum absolute atomic E-state index is 13.3. The first-order valence-corrected chi connectivity index (χ1v) is 9.66. The molecular formula is C23H18FN3O2S. The standard InChI is InChI=1S/C23H18FN3O2S/c1-13-9-14(2)20-19(10-13)26-22(29-20)16-6-4-8-18(12-16)25-23(30)27-21(28)15-5-3-7-17(24)11-15/h3-12H,1-2H3,(H2,25,27,28,30). The van der Waals surface area contributed by atoms with Crippen molar-refractivity contribution < 1.29 is 13.6 Å². The van der Waals surface area contributed by atoms with E-state index in [1.165, 1.54) is 18.2 Å². The Morgan fingerprint density at radius 1 is 1.07 bits per heavy atom. The summed E-state index contributed by atoms with van der Waals surface area (Å²) in [6.45, 7) is 4.01. The summed E-state index contributed by atoms with van der Waals surface area (Å²) in [6.07, 6.45) is 0. The zero-order chi connectivity index (χ0) is 21.3. The van der Waals surface area contributed by atoms with Crippen LogP contribution < -0.4 is 10.6 Å². The second kappa shape index (κ2) is 8.04. The average molecular weight is 419 g/mol. The number of nitrogens with zero attached hydrogens (tertiary/aromatic N) is 1. The second-order valence-corrected chi connectivity index (χ2v) is 7.36. The summed E-state index contributed by atoms with van der Waals surface area (Å²) >= 11 is 5.21. The lowest BCUT2D eigenvalue weighted by atomic mass is 10.1. The van der Waals surface area contributed by atoms with Crippen molar-refractivity contribution in [3.05, 3.63) is 83.2 Å². The number of thiocarbonyl (C=S) groups is 1. The van der Waals surface area contributed by atoms with Gasteiger partial charge in [-0.3, -0.25) is 10.1 Å². The number of aromatic nitrogens is 1. The van der Waals surface area contributed by atoms with Crippen LogP contribution in [0.15, 0.2) is 65.1 Å². The van der Waals surface area contributed by atoms with Gasteiger partial charge in [-0.05, 0) is 79.7 Å². The van der Waals surface area contributed by atoms with Crippen molar-refractivity contribution in [1.82, 2.24) is 10.3 Å². The van der Waals surface area contributed by atoms with Crippen LogP contribution in [0.2, 0.25) is 0 Å². The molecule has 3 aromatic carbocycles. The predicted octanol–water partition coefficient (Wildman–Crippen LogP) is 5.38. The van der Waals surface area contributed by atoms with Gasteiger partial charge in [-0.15, -0.1) is 0 Å². The number of amides is 1. The van der Waals surface area contributed by atoms with Gasteiger partial charge in [-0.2, -0.15) is 0 Å². The summed E-state index contributed by atoms with van der Waals surface area (Å²) in [6, 6.07) is 16.8. The molecule has 0 unspecified atom stereocenters. The van der Waals surface area contributed by atoms with Gasteiger partial charge in [0, 0.05) is 16.8 Å². The molecule has 1 aromatic heterocycles. The maximum Gasteiger partial charge on any atom is 0.257 e. The largest absolute Gasteiger partial charge is 0.436 e. The van der Waals surface area contributed by atoms with Crippen molar-refractivity contribution in [2.45, 2.75) is 13.8 Å². The van der Waals surface area contributed by atoms with E-state index in [1.54, 1.807) is 0 Å². The molecule has 0 fully saturated rings. The Morgan fingerprint density at radius 2 is 1.87 bits per heavy atom. The summed E-state index contributed by atoms with van der Waals surface area (Å²) in [7, 11) is 0. The van der Waals surface area contributed by atoms with Gasteiger partial charge < -0.3 is 9.73 Å². The summed E-state index contributed by atoms with van der Waals surface area (Å²) in [5.74, 6) is -0.483. The molecule has 0 aliphatic heterocycles. The van der Waals surface area contributed by atoms with Gasteiger partial charge in [-0.25, -0.2) is 9.37 Å². The van der Waals surface area contributed by atoms with Crippen molar-refractivity contribution in [1.29, 1.82) is 0 Å². The molecule has 0 spiro atoms. The van der Waals surface area contributed by atoms with E-state index in [4.69, 9.17) is 16.6 Å². The molecule has 1 amide bonds. The van der Waals surface area contributed by atoms with Crippen molar-refractivity contribution in [2.75, 3.05) is 5.32 Å². The number of anilines is 1. The Hall–Kier alpha value is -3.58. The minimum absolute atomic E-state index is 0.102. The first kappa shape index (κ1) is 19.7. The molecule has 1 heterocycles. The van der Waals surface area contributed by atoms with E-state index < -0.39 is 11.7 Å². The molecule has 0 aliphatic rings. The molecular weight excluding hydrogens is 401 g/mol. The first-order chi connectivity index (χ1) is 14.4. The lowest BCUT2D eigenvalue weighted by molar-refractivity contribution is 0.0977. The number of carbonyl (C=O) groups is 1. The van der Waals surface area contributed by atoms with Crippen LogP contribution in [0.25, 0.3) is 22.6 Å². The maximum atomic E-state index is 13.3. The third-order valence-electron chi connectivity index (χ3n) is 4.50. The van der Waals surface area contributed by atoms with Crippen LogP contribution in [-0.2, 0) is 0 Å². The van der Waals surface area contributed by atoms with Gasteiger partial charge in [0.2, 0.25) is 5.89 Å². The number of hydrogen-bond donors (Lipinski definition) is 2. The van der Waals surface area contributed by atoms with Gasteiger partial charge in [0.15, 0.2) is 10.7 Å². The number of oxazole rings is 1. The monoisotopic (exact) mass is 419 g/mol. The van der Waals surface area contributed by atoms with Crippen LogP contribution >= 0.6 is 12.2 Å². The number of carbonyl (C=O) groups excluding carboxylic acids is 1. The third-order valence-corrected chi connectivity index (χ3v) is 4.71. The number of hydrogen-bond acceptors (Lipinski definition) is 4. The zero-order valence-electron chi connectivity index (χ0n) is 16.3. The number of halogens is 1. The minimum atomic E-state index is -0.493. The minimum Gasteiger partial charge on any atom is -0.436 e. The van der Waals surface area contributed by atoms with Gasteiger partial charge in [0.25, 0.3) is 5.91 Å². The van der Waals surface area contributed by atoms with Crippen molar-refractivity contribution in [3.63, 3.8) is 0 Å². The Kier molecular flexibility index (Phi) is 5.29. The summed E-state index contributed by atoms with van der Waals surface area (Å²) in [4.78, 5) is 16.8. The molecule has 0 saturated carbocycles. The van der Waals surface area contributed by atoms with Gasteiger partial charge >= 0.3 is 0 Å². The number of fused-ring (bicyclic) bond motifs is 1. The van der Waals surface area contributed by atoms with Crippen molar-refractivity contribution >= 4 is 40.0 Å². The van der Waals surface area contributed by atoms with E-state index in [1.807, 2.05) is 44.2 Å². The first-order valence-electron chi connectivity index (χ1n) is 9.25. The molecule has 4 aromatic rings. The van der Waals surface area contributed by atoms with E-state index in [2.05, 4.69) is 21.7 Å². The highest BCUT2D eigenvalue weighted by Crippen LogP contribution is 2.28. The third kappa shape index (κ3) is 4.21. The molecule has 30 heavy (non-hydrogen) atoms. The van der Waals surface area contributed by atoms with E-state index >= 15 is 0 Å². The quantitative estimate of drug-likeness (QED) is 0.437. The predicted molar refractivity (Wildman–Crippen MR) is 119 cm³/mol. The van der Waals surface area contributed by atoms with Crippen molar-refractivity contribution in [3.8, 4) is 11.5 Å². The van der Waals surface area contributed by atoms with Crippen LogP contribution in [-0.4, -0.2) is 16.0 Å². The molecule has 2 N–H and O–H groups in total. The summed E-state index contributed by atoms with van der Waals surface area (Å²) in [5.41, 5.74) is 5.32. The van der Waals surface area contributed by atoms with Gasteiger partial charge in [0.1, 0.15) is 11.3 Å². The molecule has 5 nitrogen and oxygen atoms in total. The normalized spacial score (nSPS) is 10.8. The molecule has 150 valence electrons. The Morgan fingerprint density at radius 3 is 2.67 bits per heavy atom. The number of nitrogens with one attached hydrogen (secondary N) is 2. The topological polar surface area (TPSA) is 67.2 Å². The van der Waals surface area contributed by atoms with Crippen LogP contribution in [0.5, 0.6) is 0 Å². The fourth-order valence-electron chi connectivity index (χ4n) is 3.20. The zero-order valence-corrected chi connectivity index (χ0v) is 17.1. The smallest absolute Gasteiger partial charge is 0.257 e. The second-order valence-electron chi connectivity index (χ2n) is 6.95. The Bertz CT molecular complexity index is 1280. The summed E-state index contributed by atoms with van der Waals surface area (Å²) in [5, 5.41) is 5.60. The molecule has 0 saturated heterocycles. The fraction of sp³-hybridized carbons (Fsp3) is 0.0870. The van der Waals surface area contributed by atoms with E-state index in [0.29, 0.717) is 11.6 Å². The van der Waals surface area contributed by atoms with Crippen LogP contribution in [0, 0.1) is 19.7 Å². The molecule has 4 rings (SSSR count). The summed E-state index contributed by atoms with van der Waals surface area (Å²) < 4.78 is 19.3. The van der Waals surface area contributed by atoms with E-state index in [9.17, 15) is 9.18 Å². The molecule has 0 aliphatic carbocycles. The van der Waals surface area contributed by atoms with Crippen molar-refractivity contribution in [2.24, 2.45) is 0 Å². The van der Waals surface area contributed by atoms with E-state index in [-0.39, 0.29) is 10.7 Å². The lowest BCUT2D eigenvalue weighted by Crippen LogP contribution is -2.34. The SMILES string of the molecule is Cc1cc(C)c2oc(-c3cccc(NC(=S)NC(=O)c4cccc(F)c4)c3)nc2c1. The highest BCUT2D eigenvalue weighted by molar-refractivity contribution is 7.80. The molecule has 0 radical (unpaired) electrons. The highest BCUT2D eigenvalue weighted by atomic mass is 32.1. The Labute approximate surface area is 177 Å². The molecule has 0 atom stereocenters. The van der Waals surface area contributed by atoms with Gasteiger partial charge in [-0.1, -0.05) is 18.2 Å². The average Bonchev–Trinajstić information content (AvgIpc) is 3.12. The lowest BCUT2D eigenvalue weighted by Gasteiger charge is -2.10.